The predicted octanol–water partition coefficient (Wildman–Crippen LogP) is 2.09. The molecule has 0 heterocycles. The number of hydrogen-bond acceptors (Lipinski definition) is 5. The molecule has 0 aromatic rings. The number of amides is 1. The van der Waals surface area contributed by atoms with Crippen molar-refractivity contribution in [3.05, 3.63) is 0 Å². The van der Waals surface area contributed by atoms with Crippen LogP contribution in [0, 0.1) is 0 Å². The quantitative estimate of drug-likeness (QED) is 0.636. The van der Waals surface area contributed by atoms with Crippen molar-refractivity contribution in [1.29, 1.82) is 0 Å². The Morgan fingerprint density at radius 1 is 1.05 bits per heavy atom. The van der Waals surface area contributed by atoms with Crippen LogP contribution in [-0.2, 0) is 14.5 Å². The molecule has 0 aliphatic heterocycles. The van der Waals surface area contributed by atoms with Crippen LogP contribution in [0.25, 0.3) is 0 Å². The van der Waals surface area contributed by atoms with Crippen molar-refractivity contribution in [2.45, 2.75) is 52.1 Å². The molecule has 0 aliphatic rings. The van der Waals surface area contributed by atoms with E-state index in [-0.39, 0.29) is 6.42 Å². The van der Waals surface area contributed by atoms with Gasteiger partial charge in [-0.2, -0.15) is 0 Å². The molecule has 6 nitrogen and oxygen atoms in total. The van der Waals surface area contributed by atoms with Crippen LogP contribution < -0.4 is 10.6 Å². The third-order valence-electron chi connectivity index (χ3n) is 2.29. The lowest BCUT2D eigenvalue weighted by Gasteiger charge is -2.19. The average molecular weight is 292 g/mol. The van der Waals surface area contributed by atoms with Crippen LogP contribution in [-0.4, -0.2) is 37.3 Å². The number of rotatable bonds is 9. The molecule has 2 N–H and O–H groups in total. The number of carbonyl (C=O) groups is 2. The molecule has 0 radical (unpaired) electrons. The number of halogens is 1. The van der Waals surface area contributed by atoms with Gasteiger partial charge in [0.2, 0.25) is 0 Å². The molecule has 0 saturated heterocycles. The van der Waals surface area contributed by atoms with E-state index >= 15 is 0 Å². The van der Waals surface area contributed by atoms with Crippen LogP contribution in [0.3, 0.4) is 0 Å². The molecule has 20 heavy (non-hydrogen) atoms. The maximum absolute atomic E-state index is 11.4. The van der Waals surface area contributed by atoms with Crippen molar-refractivity contribution < 1.29 is 23.8 Å². The molecule has 0 aromatic heterocycles. The second-order valence-electron chi connectivity index (χ2n) is 5.44. The van der Waals surface area contributed by atoms with Gasteiger partial charge in [-0.05, 0) is 40.2 Å². The van der Waals surface area contributed by atoms with Gasteiger partial charge in [-0.15, -0.1) is 0 Å². The van der Waals surface area contributed by atoms with Gasteiger partial charge in [0.25, 0.3) is 0 Å². The molecule has 0 fully saturated rings. The molecule has 0 spiro atoms. The van der Waals surface area contributed by atoms with Gasteiger partial charge in [0, 0.05) is 24.0 Å². The molecule has 0 saturated carbocycles. The van der Waals surface area contributed by atoms with Gasteiger partial charge in [0.05, 0.1) is 0 Å². The van der Waals surface area contributed by atoms with E-state index < -0.39 is 17.7 Å². The van der Waals surface area contributed by atoms with Crippen molar-refractivity contribution in [3.8, 4) is 0 Å². The number of ether oxygens (including phenoxy) is 1. The highest BCUT2D eigenvalue weighted by Gasteiger charge is 2.15. The lowest BCUT2D eigenvalue weighted by Crippen LogP contribution is -2.36. The summed E-state index contributed by atoms with van der Waals surface area (Å²) < 4.78 is 16.4. The number of unbranched alkanes of at least 4 members (excludes halogenated alkanes) is 2. The molecule has 0 aliphatic carbocycles. The number of nitrogens with one attached hydrogen (secondary N) is 2. The second-order valence-corrected chi connectivity index (χ2v) is 5.44. The first-order valence-corrected chi connectivity index (χ1v) is 6.84. The summed E-state index contributed by atoms with van der Waals surface area (Å²) in [6, 6.07) is 0. The van der Waals surface area contributed by atoms with Gasteiger partial charge >= 0.3 is 12.1 Å². The summed E-state index contributed by atoms with van der Waals surface area (Å²) in [7, 11) is 0. The predicted molar refractivity (Wildman–Crippen MR) is 72.8 cm³/mol. The molecule has 0 bridgehead atoms. The Morgan fingerprint density at radius 2 is 1.75 bits per heavy atom. The minimum absolute atomic E-state index is 0.108. The minimum atomic E-state index is -0.820. The maximum atomic E-state index is 11.4. The molecule has 7 heteroatoms. The van der Waals surface area contributed by atoms with Crippen molar-refractivity contribution in [2.75, 3.05) is 19.6 Å². The van der Waals surface area contributed by atoms with E-state index in [4.69, 9.17) is 4.74 Å². The Kier molecular flexibility index (Phi) is 9.71. The van der Waals surface area contributed by atoms with E-state index in [2.05, 4.69) is 15.6 Å². The maximum Gasteiger partial charge on any atom is 0.407 e. The zero-order valence-electron chi connectivity index (χ0n) is 12.5. The molecule has 1 amide bonds. The van der Waals surface area contributed by atoms with Crippen molar-refractivity contribution >= 4 is 12.1 Å². The first kappa shape index (κ1) is 18.6. The van der Waals surface area contributed by atoms with Gasteiger partial charge < -0.3 is 15.4 Å². The van der Waals surface area contributed by atoms with E-state index in [1.54, 1.807) is 0 Å². The van der Waals surface area contributed by atoms with Crippen molar-refractivity contribution in [2.24, 2.45) is 0 Å². The highest BCUT2D eigenvalue weighted by Crippen LogP contribution is 2.06. The lowest BCUT2D eigenvalue weighted by molar-refractivity contribution is -0.183. The van der Waals surface area contributed by atoms with Gasteiger partial charge in [-0.3, -0.25) is 4.94 Å². The van der Waals surface area contributed by atoms with Crippen LogP contribution in [0.2, 0.25) is 0 Å². The summed E-state index contributed by atoms with van der Waals surface area (Å²) in [5.41, 5.74) is -0.488. The smallest absolute Gasteiger partial charge is 0.407 e. The zero-order valence-corrected chi connectivity index (χ0v) is 12.5. The molecule has 0 aromatic carbocycles. The first-order chi connectivity index (χ1) is 9.35. The lowest BCUT2D eigenvalue weighted by atomic mass is 10.2. The highest BCUT2D eigenvalue weighted by molar-refractivity contribution is 5.68. The average Bonchev–Trinajstić information content (AvgIpc) is 2.34. The highest BCUT2D eigenvalue weighted by atomic mass is 19.3. The second kappa shape index (κ2) is 10.4. The SMILES string of the molecule is CC(C)(C)OC(=O)NCCNCCCCCC(=O)OF. The van der Waals surface area contributed by atoms with Crippen LogP contribution in [0.1, 0.15) is 46.5 Å². The monoisotopic (exact) mass is 292 g/mol. The summed E-state index contributed by atoms with van der Waals surface area (Å²) >= 11 is 0. The number of hydrogen-bond donors (Lipinski definition) is 2. The minimum Gasteiger partial charge on any atom is -0.444 e. The fourth-order valence-corrected chi connectivity index (χ4v) is 1.43. The fraction of sp³-hybridized carbons (Fsp3) is 0.846. The normalized spacial score (nSPS) is 11.0. The molecule has 118 valence electrons. The summed E-state index contributed by atoms with van der Waals surface area (Å²) in [4.78, 5) is 24.8. The van der Waals surface area contributed by atoms with E-state index in [1.807, 2.05) is 20.8 Å². The molecular formula is C13H25FN2O4. The van der Waals surface area contributed by atoms with E-state index in [1.165, 1.54) is 0 Å². The fourth-order valence-electron chi connectivity index (χ4n) is 1.43. The van der Waals surface area contributed by atoms with Crippen LogP contribution in [0.4, 0.5) is 9.32 Å². The van der Waals surface area contributed by atoms with Gasteiger partial charge in [0.15, 0.2) is 0 Å². The Labute approximate surface area is 119 Å². The van der Waals surface area contributed by atoms with Crippen molar-refractivity contribution in [3.63, 3.8) is 0 Å². The first-order valence-electron chi connectivity index (χ1n) is 6.84. The number of carbonyl (C=O) groups excluding carboxylic acids is 2. The summed E-state index contributed by atoms with van der Waals surface area (Å²) in [6.45, 7) is 7.34. The van der Waals surface area contributed by atoms with E-state index in [0.717, 1.165) is 19.4 Å². The molecule has 0 rings (SSSR count). The Morgan fingerprint density at radius 3 is 2.35 bits per heavy atom. The largest absolute Gasteiger partial charge is 0.444 e. The zero-order chi connectivity index (χ0) is 15.4. The van der Waals surface area contributed by atoms with Crippen molar-refractivity contribution in [1.82, 2.24) is 10.6 Å². The Hall–Kier alpha value is -1.37. The molecular weight excluding hydrogens is 267 g/mol. The molecule has 0 unspecified atom stereocenters. The Balaban J connectivity index is 3.29. The number of alkyl carbamates (subject to hydrolysis) is 1. The van der Waals surface area contributed by atoms with E-state index in [0.29, 0.717) is 19.5 Å². The summed E-state index contributed by atoms with van der Waals surface area (Å²) in [5, 5.41) is 5.78. The third-order valence-corrected chi connectivity index (χ3v) is 2.29. The summed E-state index contributed by atoms with van der Waals surface area (Å²) in [6.07, 6.45) is 1.99. The van der Waals surface area contributed by atoms with Crippen LogP contribution in [0.5, 0.6) is 0 Å². The van der Waals surface area contributed by atoms with Gasteiger partial charge in [-0.25, -0.2) is 9.59 Å². The van der Waals surface area contributed by atoms with Gasteiger partial charge in [0.1, 0.15) is 5.60 Å². The topological polar surface area (TPSA) is 76.7 Å². The summed E-state index contributed by atoms with van der Waals surface area (Å²) in [5.74, 6) is -0.820. The Bertz CT molecular complexity index is 293. The van der Waals surface area contributed by atoms with Crippen LogP contribution in [0.15, 0.2) is 0 Å². The standard InChI is InChI=1S/C13H25FN2O4/c1-13(2,3)19-12(18)16-10-9-15-8-6-4-5-7-11(17)20-14/h15H,4-10H2,1-3H3,(H,16,18). The van der Waals surface area contributed by atoms with E-state index in [9.17, 15) is 14.1 Å². The van der Waals surface area contributed by atoms with Gasteiger partial charge in [-0.1, -0.05) is 6.42 Å². The molecule has 0 atom stereocenters. The van der Waals surface area contributed by atoms with Crippen LogP contribution >= 0.6 is 0 Å². The third kappa shape index (κ3) is 13.1.